The number of ether oxygens (including phenoxy) is 2. The van der Waals surface area contributed by atoms with Gasteiger partial charge in [0.1, 0.15) is 6.61 Å². The Hall–Kier alpha value is -2.21. The molecule has 0 bridgehead atoms. The van der Waals surface area contributed by atoms with Crippen LogP contribution in [0.3, 0.4) is 0 Å². The monoisotopic (exact) mass is 350 g/mol. The van der Waals surface area contributed by atoms with Gasteiger partial charge in [0.25, 0.3) is 0 Å². The maximum atomic E-state index is 11.1. The molecule has 0 aromatic heterocycles. The van der Waals surface area contributed by atoms with E-state index in [9.17, 15) is 4.79 Å². The zero-order valence-electron chi connectivity index (χ0n) is 11.4. The van der Waals surface area contributed by atoms with Gasteiger partial charge in [0.05, 0.1) is 11.6 Å². The molecule has 0 atom stereocenters. The minimum Gasteiger partial charge on any atom is -0.493 e. The summed E-state index contributed by atoms with van der Waals surface area (Å²) in [6, 6.07) is 10.4. The van der Waals surface area contributed by atoms with Crippen molar-refractivity contribution < 1.29 is 14.3 Å². The second-order valence-electron chi connectivity index (χ2n) is 4.34. The van der Waals surface area contributed by atoms with Crippen LogP contribution in [0.2, 0.25) is 0 Å². The molecule has 4 N–H and O–H groups in total. The molecule has 1 amide bonds. The first kappa shape index (κ1) is 15.2. The number of anilines is 1. The molecule has 2 rings (SSSR count). The smallest absolute Gasteiger partial charge is 0.248 e. The number of amides is 1. The molecule has 0 aliphatic carbocycles. The zero-order chi connectivity index (χ0) is 15.4. The van der Waals surface area contributed by atoms with E-state index in [4.69, 9.17) is 20.9 Å². The molecule has 0 unspecified atom stereocenters. The van der Waals surface area contributed by atoms with Crippen molar-refractivity contribution in [2.75, 3.05) is 12.8 Å². The number of rotatable bonds is 5. The number of hydrogen-bond acceptors (Lipinski definition) is 4. The van der Waals surface area contributed by atoms with E-state index < -0.39 is 5.91 Å². The fourth-order valence-electron chi connectivity index (χ4n) is 1.82. The molecule has 0 radical (unpaired) electrons. The summed E-state index contributed by atoms with van der Waals surface area (Å²) in [5.41, 5.74) is 12.7. The average molecular weight is 351 g/mol. The summed E-state index contributed by atoms with van der Waals surface area (Å²) in [6.07, 6.45) is 0. The lowest BCUT2D eigenvalue weighted by molar-refractivity contribution is 0.100. The SMILES string of the molecule is COc1cccc(Br)c1OCc1ccc(C(N)=O)cc1N. The third-order valence-electron chi connectivity index (χ3n) is 2.95. The summed E-state index contributed by atoms with van der Waals surface area (Å²) >= 11 is 3.41. The standard InChI is InChI=1S/C15H15BrN2O3/c1-20-13-4-2-3-11(16)14(13)21-8-10-6-5-9(15(18)19)7-12(10)17/h2-7H,8,17H2,1H3,(H2,18,19). The maximum absolute atomic E-state index is 11.1. The van der Waals surface area contributed by atoms with Crippen molar-refractivity contribution in [1.82, 2.24) is 0 Å². The second-order valence-corrected chi connectivity index (χ2v) is 5.19. The summed E-state index contributed by atoms with van der Waals surface area (Å²) in [6.45, 7) is 0.254. The van der Waals surface area contributed by atoms with Crippen LogP contribution >= 0.6 is 15.9 Å². The van der Waals surface area contributed by atoms with E-state index >= 15 is 0 Å². The van der Waals surface area contributed by atoms with Gasteiger partial charge in [-0.2, -0.15) is 0 Å². The summed E-state index contributed by atoms with van der Waals surface area (Å²) in [5.74, 6) is 0.705. The first-order valence-electron chi connectivity index (χ1n) is 6.16. The molecule has 110 valence electrons. The molecule has 0 spiro atoms. The molecule has 21 heavy (non-hydrogen) atoms. The minimum atomic E-state index is -0.512. The molecule has 0 aliphatic heterocycles. The summed E-state index contributed by atoms with van der Waals surface area (Å²) in [4.78, 5) is 11.1. The van der Waals surface area contributed by atoms with Crippen LogP contribution in [-0.2, 0) is 6.61 Å². The molecule has 5 nitrogen and oxygen atoms in total. The Morgan fingerprint density at radius 2 is 2.05 bits per heavy atom. The quantitative estimate of drug-likeness (QED) is 0.811. The van der Waals surface area contributed by atoms with Crippen molar-refractivity contribution >= 4 is 27.5 Å². The Morgan fingerprint density at radius 1 is 1.29 bits per heavy atom. The van der Waals surface area contributed by atoms with Crippen LogP contribution in [0.4, 0.5) is 5.69 Å². The van der Waals surface area contributed by atoms with E-state index in [1.165, 1.54) is 6.07 Å². The Kier molecular flexibility index (Phi) is 4.70. The van der Waals surface area contributed by atoms with Gasteiger partial charge in [-0.05, 0) is 40.2 Å². The molecule has 6 heteroatoms. The number of primary amides is 1. The van der Waals surface area contributed by atoms with Crippen molar-refractivity contribution in [1.29, 1.82) is 0 Å². The van der Waals surface area contributed by atoms with E-state index in [2.05, 4.69) is 15.9 Å². The number of hydrogen-bond donors (Lipinski definition) is 2. The van der Waals surface area contributed by atoms with Crippen LogP contribution in [0.25, 0.3) is 0 Å². The van der Waals surface area contributed by atoms with Crippen LogP contribution in [-0.4, -0.2) is 13.0 Å². The highest BCUT2D eigenvalue weighted by Crippen LogP contribution is 2.35. The molecular weight excluding hydrogens is 336 g/mol. The van der Waals surface area contributed by atoms with E-state index in [-0.39, 0.29) is 6.61 Å². The lowest BCUT2D eigenvalue weighted by Crippen LogP contribution is -2.12. The Labute approximate surface area is 131 Å². The number of nitrogen functional groups attached to an aromatic ring is 1. The van der Waals surface area contributed by atoms with Crippen LogP contribution in [0.15, 0.2) is 40.9 Å². The van der Waals surface area contributed by atoms with Gasteiger partial charge >= 0.3 is 0 Å². The first-order chi connectivity index (χ1) is 10.0. The van der Waals surface area contributed by atoms with Gasteiger partial charge in [-0.25, -0.2) is 0 Å². The molecule has 0 aliphatic rings. The van der Waals surface area contributed by atoms with Crippen molar-refractivity contribution in [2.45, 2.75) is 6.61 Å². The Balaban J connectivity index is 2.19. The van der Waals surface area contributed by atoms with Gasteiger partial charge in [0, 0.05) is 16.8 Å². The first-order valence-corrected chi connectivity index (χ1v) is 6.95. The predicted molar refractivity (Wildman–Crippen MR) is 84.4 cm³/mol. The van der Waals surface area contributed by atoms with Gasteiger partial charge in [-0.15, -0.1) is 0 Å². The average Bonchev–Trinajstić information content (AvgIpc) is 2.46. The van der Waals surface area contributed by atoms with Crippen molar-refractivity contribution in [3.05, 3.63) is 52.0 Å². The minimum absolute atomic E-state index is 0.254. The molecule has 0 fully saturated rings. The summed E-state index contributed by atoms with van der Waals surface area (Å²) in [5, 5.41) is 0. The van der Waals surface area contributed by atoms with Gasteiger partial charge < -0.3 is 20.9 Å². The third kappa shape index (κ3) is 3.46. The molecule has 0 saturated carbocycles. The Morgan fingerprint density at radius 3 is 2.67 bits per heavy atom. The topological polar surface area (TPSA) is 87.6 Å². The van der Waals surface area contributed by atoms with E-state index in [0.29, 0.717) is 22.7 Å². The highest BCUT2D eigenvalue weighted by atomic mass is 79.9. The molecule has 2 aromatic carbocycles. The number of para-hydroxylation sites is 1. The second kappa shape index (κ2) is 6.49. The van der Waals surface area contributed by atoms with E-state index in [0.717, 1.165) is 10.0 Å². The number of carbonyl (C=O) groups excluding carboxylic acids is 1. The molecule has 0 saturated heterocycles. The summed E-state index contributed by atoms with van der Waals surface area (Å²) < 4.78 is 11.8. The lowest BCUT2D eigenvalue weighted by atomic mass is 10.1. The fraction of sp³-hybridized carbons (Fsp3) is 0.133. The highest BCUT2D eigenvalue weighted by Gasteiger charge is 2.10. The Bertz CT molecular complexity index is 674. The predicted octanol–water partition coefficient (Wildman–Crippen LogP) is 2.72. The lowest BCUT2D eigenvalue weighted by Gasteiger charge is -2.13. The van der Waals surface area contributed by atoms with Crippen LogP contribution in [0, 0.1) is 0 Å². The zero-order valence-corrected chi connectivity index (χ0v) is 13.0. The van der Waals surface area contributed by atoms with Crippen molar-refractivity contribution in [2.24, 2.45) is 5.73 Å². The highest BCUT2D eigenvalue weighted by molar-refractivity contribution is 9.10. The maximum Gasteiger partial charge on any atom is 0.248 e. The van der Waals surface area contributed by atoms with Crippen LogP contribution in [0.5, 0.6) is 11.5 Å². The number of methoxy groups -OCH3 is 1. The number of carbonyl (C=O) groups is 1. The van der Waals surface area contributed by atoms with Gasteiger partial charge in [-0.3, -0.25) is 4.79 Å². The largest absolute Gasteiger partial charge is 0.493 e. The van der Waals surface area contributed by atoms with Gasteiger partial charge in [0.2, 0.25) is 5.91 Å². The van der Waals surface area contributed by atoms with Crippen molar-refractivity contribution in [3.63, 3.8) is 0 Å². The molecule has 2 aromatic rings. The van der Waals surface area contributed by atoms with Crippen molar-refractivity contribution in [3.8, 4) is 11.5 Å². The van der Waals surface area contributed by atoms with Crippen LogP contribution < -0.4 is 20.9 Å². The van der Waals surface area contributed by atoms with Crippen LogP contribution in [0.1, 0.15) is 15.9 Å². The fourth-order valence-corrected chi connectivity index (χ4v) is 2.28. The van der Waals surface area contributed by atoms with E-state index in [1.807, 2.05) is 12.1 Å². The molecule has 0 heterocycles. The number of halogens is 1. The normalized spacial score (nSPS) is 10.2. The van der Waals surface area contributed by atoms with Gasteiger partial charge in [-0.1, -0.05) is 12.1 Å². The number of benzene rings is 2. The van der Waals surface area contributed by atoms with Gasteiger partial charge in [0.15, 0.2) is 11.5 Å². The summed E-state index contributed by atoms with van der Waals surface area (Å²) in [7, 11) is 1.57. The van der Waals surface area contributed by atoms with E-state index in [1.54, 1.807) is 25.3 Å². The third-order valence-corrected chi connectivity index (χ3v) is 3.58. The molecular formula is C15H15BrN2O3. The number of nitrogens with two attached hydrogens (primary N) is 2.